The van der Waals surface area contributed by atoms with Crippen molar-refractivity contribution in [2.75, 3.05) is 40.4 Å². The third-order valence-electron chi connectivity index (χ3n) is 2.42. The van der Waals surface area contributed by atoms with Gasteiger partial charge in [0.05, 0.1) is 6.61 Å². The molecule has 100 valence electrons. The number of hydrogen-bond acceptors (Lipinski definition) is 4. The molecule has 0 atom stereocenters. The number of nitrogens with one attached hydrogen (secondary N) is 1. The van der Waals surface area contributed by atoms with Gasteiger partial charge < -0.3 is 15.0 Å². The van der Waals surface area contributed by atoms with E-state index in [2.05, 4.69) is 31.1 Å². The maximum atomic E-state index is 11.7. The summed E-state index contributed by atoms with van der Waals surface area (Å²) in [6.45, 7) is 2.92. The number of methoxy groups -OCH3 is 1. The van der Waals surface area contributed by atoms with Crippen molar-refractivity contribution in [2.24, 2.45) is 0 Å². The van der Waals surface area contributed by atoms with E-state index in [1.54, 1.807) is 25.4 Å². The van der Waals surface area contributed by atoms with E-state index in [1.807, 2.05) is 7.05 Å². The van der Waals surface area contributed by atoms with Crippen LogP contribution < -0.4 is 5.32 Å². The minimum atomic E-state index is -0.150. The number of amides is 1. The van der Waals surface area contributed by atoms with Gasteiger partial charge in [-0.25, -0.2) is 4.98 Å². The average Bonchev–Trinajstić information content (AvgIpc) is 2.37. The molecule has 0 unspecified atom stereocenters. The minimum absolute atomic E-state index is 0.150. The largest absolute Gasteiger partial charge is 0.383 e. The molecule has 0 spiro atoms. The third-order valence-corrected chi connectivity index (χ3v) is 2.89. The zero-order valence-electron chi connectivity index (χ0n) is 10.6. The van der Waals surface area contributed by atoms with Crippen molar-refractivity contribution in [1.82, 2.24) is 15.2 Å². The van der Waals surface area contributed by atoms with Crippen LogP contribution in [0, 0.1) is 0 Å². The standard InChI is InChI=1S/C12H18BrN3O2/c1-16(7-8-18-2)6-5-14-12(17)11-4-3-10(13)9-15-11/h3-4,9H,5-8H2,1-2H3,(H,14,17). The van der Waals surface area contributed by atoms with Gasteiger partial charge in [-0.1, -0.05) is 0 Å². The fourth-order valence-electron chi connectivity index (χ4n) is 1.32. The lowest BCUT2D eigenvalue weighted by atomic mass is 10.3. The molecular weight excluding hydrogens is 298 g/mol. The quantitative estimate of drug-likeness (QED) is 0.820. The van der Waals surface area contributed by atoms with E-state index in [0.717, 1.165) is 17.6 Å². The van der Waals surface area contributed by atoms with Crippen molar-refractivity contribution in [1.29, 1.82) is 0 Å². The van der Waals surface area contributed by atoms with Gasteiger partial charge in [0.15, 0.2) is 0 Å². The van der Waals surface area contributed by atoms with Crippen LogP contribution in [0.25, 0.3) is 0 Å². The highest BCUT2D eigenvalue weighted by molar-refractivity contribution is 9.10. The summed E-state index contributed by atoms with van der Waals surface area (Å²) < 4.78 is 5.84. The number of carbonyl (C=O) groups excluding carboxylic acids is 1. The lowest BCUT2D eigenvalue weighted by Crippen LogP contribution is -2.34. The van der Waals surface area contributed by atoms with Crippen molar-refractivity contribution >= 4 is 21.8 Å². The maximum absolute atomic E-state index is 11.7. The molecular formula is C12H18BrN3O2. The van der Waals surface area contributed by atoms with Gasteiger partial charge in [0, 0.05) is 37.4 Å². The second-order valence-electron chi connectivity index (χ2n) is 3.91. The number of aromatic nitrogens is 1. The Morgan fingerprint density at radius 3 is 2.89 bits per heavy atom. The summed E-state index contributed by atoms with van der Waals surface area (Å²) in [5.74, 6) is -0.150. The second kappa shape index (κ2) is 8.18. The molecule has 0 aliphatic heterocycles. The number of rotatable bonds is 7. The Morgan fingerprint density at radius 1 is 1.50 bits per heavy atom. The Hall–Kier alpha value is -0.980. The van der Waals surface area contributed by atoms with Gasteiger partial charge in [0.25, 0.3) is 5.91 Å². The molecule has 1 N–H and O–H groups in total. The van der Waals surface area contributed by atoms with Crippen LogP contribution in [-0.2, 0) is 4.74 Å². The Balaban J connectivity index is 2.27. The van der Waals surface area contributed by atoms with Crippen molar-refractivity contribution in [2.45, 2.75) is 0 Å². The topological polar surface area (TPSA) is 54.5 Å². The molecule has 0 saturated carbocycles. The number of ether oxygens (including phenoxy) is 1. The molecule has 6 heteroatoms. The predicted molar refractivity (Wildman–Crippen MR) is 73.6 cm³/mol. The molecule has 1 aromatic heterocycles. The molecule has 5 nitrogen and oxygen atoms in total. The first-order chi connectivity index (χ1) is 8.63. The monoisotopic (exact) mass is 315 g/mol. The first kappa shape index (κ1) is 15.1. The van der Waals surface area contributed by atoms with Crippen LogP contribution in [0.15, 0.2) is 22.8 Å². The summed E-state index contributed by atoms with van der Waals surface area (Å²) in [7, 11) is 3.66. The van der Waals surface area contributed by atoms with Crippen LogP contribution in [-0.4, -0.2) is 56.2 Å². The second-order valence-corrected chi connectivity index (χ2v) is 4.83. The molecule has 0 aliphatic rings. The smallest absolute Gasteiger partial charge is 0.269 e. The van der Waals surface area contributed by atoms with Crippen molar-refractivity contribution in [3.05, 3.63) is 28.5 Å². The summed E-state index contributed by atoms with van der Waals surface area (Å²) in [5, 5.41) is 2.83. The Morgan fingerprint density at radius 2 is 2.28 bits per heavy atom. The Labute approximate surface area is 116 Å². The molecule has 1 aromatic rings. The number of halogens is 1. The average molecular weight is 316 g/mol. The van der Waals surface area contributed by atoms with E-state index < -0.39 is 0 Å². The Kier molecular flexibility index (Phi) is 6.85. The van der Waals surface area contributed by atoms with Crippen molar-refractivity contribution in [3.63, 3.8) is 0 Å². The molecule has 0 aromatic carbocycles. The molecule has 18 heavy (non-hydrogen) atoms. The molecule has 0 aliphatic carbocycles. The number of likely N-dealkylation sites (N-methyl/N-ethyl adjacent to an activating group) is 1. The fraction of sp³-hybridized carbons (Fsp3) is 0.500. The van der Waals surface area contributed by atoms with Crippen LogP contribution in [0.1, 0.15) is 10.5 Å². The molecule has 1 rings (SSSR count). The van der Waals surface area contributed by atoms with E-state index >= 15 is 0 Å². The van der Waals surface area contributed by atoms with Crippen molar-refractivity contribution in [3.8, 4) is 0 Å². The van der Waals surface area contributed by atoms with E-state index in [-0.39, 0.29) is 5.91 Å². The normalized spacial score (nSPS) is 10.7. The molecule has 0 bridgehead atoms. The van der Waals surface area contributed by atoms with Crippen LogP contribution in [0.3, 0.4) is 0 Å². The van der Waals surface area contributed by atoms with Gasteiger partial charge in [-0.05, 0) is 35.1 Å². The third kappa shape index (κ3) is 5.57. The summed E-state index contributed by atoms with van der Waals surface area (Å²) in [4.78, 5) is 17.8. The summed E-state index contributed by atoms with van der Waals surface area (Å²) >= 11 is 3.28. The van der Waals surface area contributed by atoms with Gasteiger partial charge in [0.1, 0.15) is 5.69 Å². The highest BCUT2D eigenvalue weighted by Crippen LogP contribution is 2.06. The molecule has 0 fully saturated rings. The van der Waals surface area contributed by atoms with E-state index in [9.17, 15) is 4.79 Å². The molecule has 0 radical (unpaired) electrons. The first-order valence-corrected chi connectivity index (χ1v) is 6.50. The van der Waals surface area contributed by atoms with Gasteiger partial charge in [-0.15, -0.1) is 0 Å². The zero-order valence-corrected chi connectivity index (χ0v) is 12.2. The summed E-state index contributed by atoms with van der Waals surface area (Å²) in [6, 6.07) is 3.49. The lowest BCUT2D eigenvalue weighted by Gasteiger charge is -2.15. The first-order valence-electron chi connectivity index (χ1n) is 5.70. The van der Waals surface area contributed by atoms with Gasteiger partial charge in [0.2, 0.25) is 0 Å². The molecule has 1 heterocycles. The maximum Gasteiger partial charge on any atom is 0.269 e. The SMILES string of the molecule is COCCN(C)CCNC(=O)c1ccc(Br)cn1. The summed E-state index contributed by atoms with van der Waals surface area (Å²) in [5.41, 5.74) is 0.428. The van der Waals surface area contributed by atoms with Gasteiger partial charge in [-0.2, -0.15) is 0 Å². The number of carbonyl (C=O) groups is 1. The lowest BCUT2D eigenvalue weighted by molar-refractivity contribution is 0.0942. The summed E-state index contributed by atoms with van der Waals surface area (Å²) in [6.07, 6.45) is 1.61. The predicted octanol–water partition coefficient (Wildman–Crippen LogP) is 1.15. The van der Waals surface area contributed by atoms with Crippen LogP contribution in [0.2, 0.25) is 0 Å². The zero-order chi connectivity index (χ0) is 13.4. The van der Waals surface area contributed by atoms with Crippen molar-refractivity contribution < 1.29 is 9.53 Å². The van der Waals surface area contributed by atoms with E-state index in [1.165, 1.54) is 0 Å². The number of nitrogens with zero attached hydrogens (tertiary/aromatic N) is 2. The van der Waals surface area contributed by atoms with Crippen LogP contribution in [0.4, 0.5) is 0 Å². The Bertz CT molecular complexity index is 370. The molecule has 0 saturated heterocycles. The van der Waals surface area contributed by atoms with Crippen LogP contribution in [0.5, 0.6) is 0 Å². The fourth-order valence-corrected chi connectivity index (χ4v) is 1.55. The molecule has 1 amide bonds. The van der Waals surface area contributed by atoms with Gasteiger partial charge in [-0.3, -0.25) is 4.79 Å². The van der Waals surface area contributed by atoms with E-state index in [4.69, 9.17) is 4.74 Å². The van der Waals surface area contributed by atoms with E-state index in [0.29, 0.717) is 18.8 Å². The van der Waals surface area contributed by atoms with Crippen LogP contribution >= 0.6 is 15.9 Å². The highest BCUT2D eigenvalue weighted by Gasteiger charge is 2.06. The number of pyridine rings is 1. The number of hydrogen-bond donors (Lipinski definition) is 1. The highest BCUT2D eigenvalue weighted by atomic mass is 79.9. The minimum Gasteiger partial charge on any atom is -0.383 e. The van der Waals surface area contributed by atoms with Gasteiger partial charge >= 0.3 is 0 Å².